The summed E-state index contributed by atoms with van der Waals surface area (Å²) in [5.74, 6) is 0. The van der Waals surface area contributed by atoms with Crippen LogP contribution in [0.25, 0.3) is 0 Å². The van der Waals surface area contributed by atoms with Crippen molar-refractivity contribution in [1.29, 1.82) is 0 Å². The van der Waals surface area contributed by atoms with Gasteiger partial charge in [-0.15, -0.1) is 21.5 Å². The molecule has 5 nitrogen and oxygen atoms in total. The lowest BCUT2D eigenvalue weighted by atomic mass is 10.1. The summed E-state index contributed by atoms with van der Waals surface area (Å²) >= 11 is 1.74. The molecule has 1 aromatic heterocycles. The second-order valence-corrected chi connectivity index (χ2v) is 6.26. The summed E-state index contributed by atoms with van der Waals surface area (Å²) in [5.41, 5.74) is 0. The maximum Gasteiger partial charge on any atom is 0.118 e. The van der Waals surface area contributed by atoms with Gasteiger partial charge in [-0.05, 0) is 25.7 Å². The number of ether oxygens (including phenoxy) is 2. The topological polar surface area (TPSA) is 56.3 Å². The molecule has 0 spiro atoms. The smallest absolute Gasteiger partial charge is 0.118 e. The second-order valence-electron chi connectivity index (χ2n) is 5.11. The van der Waals surface area contributed by atoms with Crippen molar-refractivity contribution in [1.82, 2.24) is 15.5 Å². The van der Waals surface area contributed by atoms with E-state index in [0.29, 0.717) is 6.10 Å². The van der Waals surface area contributed by atoms with Crippen LogP contribution in [0.3, 0.4) is 0 Å². The highest BCUT2D eigenvalue weighted by Crippen LogP contribution is 2.19. The first-order valence-corrected chi connectivity index (χ1v) is 8.32. The molecule has 1 saturated heterocycles. The van der Waals surface area contributed by atoms with Crippen molar-refractivity contribution >= 4 is 11.3 Å². The zero-order valence-corrected chi connectivity index (χ0v) is 13.1. The Morgan fingerprint density at radius 3 is 2.85 bits per heavy atom. The highest BCUT2D eigenvalue weighted by molar-refractivity contribution is 7.11. The van der Waals surface area contributed by atoms with Gasteiger partial charge in [-0.3, -0.25) is 0 Å². The average molecular weight is 299 g/mol. The van der Waals surface area contributed by atoms with E-state index in [1.807, 2.05) is 0 Å². The summed E-state index contributed by atoms with van der Waals surface area (Å²) in [6, 6.07) is 0. The molecule has 0 bridgehead atoms. The van der Waals surface area contributed by atoms with Crippen molar-refractivity contribution in [2.24, 2.45) is 0 Å². The molecular formula is C14H25N3O2S. The molecule has 6 heteroatoms. The zero-order chi connectivity index (χ0) is 14.0. The Kier molecular flexibility index (Phi) is 7.43. The van der Waals surface area contributed by atoms with Gasteiger partial charge in [-0.2, -0.15) is 0 Å². The molecule has 0 amide bonds. The number of nitrogens with zero attached hydrogens (tertiary/aromatic N) is 2. The molecule has 0 aromatic carbocycles. The monoisotopic (exact) mass is 299 g/mol. The highest BCUT2D eigenvalue weighted by Gasteiger charge is 2.14. The Labute approximate surface area is 125 Å². The third kappa shape index (κ3) is 5.83. The van der Waals surface area contributed by atoms with Crippen molar-refractivity contribution in [3.8, 4) is 0 Å². The summed E-state index contributed by atoms with van der Waals surface area (Å²) in [7, 11) is 1.72. The van der Waals surface area contributed by atoms with Gasteiger partial charge in [-0.1, -0.05) is 0 Å². The SMILES string of the molecule is COCCNCCc1nnc(CCC2CCCCO2)s1. The van der Waals surface area contributed by atoms with Gasteiger partial charge in [-0.25, -0.2) is 0 Å². The maximum atomic E-state index is 5.74. The van der Waals surface area contributed by atoms with Gasteiger partial charge < -0.3 is 14.8 Å². The number of aryl methyl sites for hydroxylation is 1. The molecule has 1 fully saturated rings. The van der Waals surface area contributed by atoms with E-state index in [0.717, 1.165) is 55.6 Å². The Morgan fingerprint density at radius 1 is 1.25 bits per heavy atom. The molecule has 1 N–H and O–H groups in total. The molecule has 114 valence electrons. The molecule has 1 aliphatic heterocycles. The predicted molar refractivity (Wildman–Crippen MR) is 80.3 cm³/mol. The van der Waals surface area contributed by atoms with Crippen LogP contribution in [0.1, 0.15) is 35.7 Å². The number of hydrogen-bond acceptors (Lipinski definition) is 6. The Hall–Kier alpha value is -0.560. The predicted octanol–water partition coefficient (Wildman–Crippen LogP) is 1.82. The lowest BCUT2D eigenvalue weighted by Crippen LogP contribution is -2.21. The molecule has 1 atom stereocenters. The van der Waals surface area contributed by atoms with Crippen molar-refractivity contribution in [3.63, 3.8) is 0 Å². The second kappa shape index (κ2) is 9.39. The fourth-order valence-electron chi connectivity index (χ4n) is 2.30. The van der Waals surface area contributed by atoms with Gasteiger partial charge in [0, 0.05) is 39.6 Å². The number of methoxy groups -OCH3 is 1. The lowest BCUT2D eigenvalue weighted by Gasteiger charge is -2.21. The molecule has 1 unspecified atom stereocenters. The van der Waals surface area contributed by atoms with E-state index in [9.17, 15) is 0 Å². The summed E-state index contributed by atoms with van der Waals surface area (Å²) in [4.78, 5) is 0. The van der Waals surface area contributed by atoms with Gasteiger partial charge in [0.05, 0.1) is 12.7 Å². The Morgan fingerprint density at radius 2 is 2.10 bits per heavy atom. The number of nitrogens with one attached hydrogen (secondary N) is 1. The van der Waals surface area contributed by atoms with E-state index in [-0.39, 0.29) is 0 Å². The molecule has 1 aliphatic rings. The van der Waals surface area contributed by atoms with Crippen LogP contribution in [-0.4, -0.2) is 49.7 Å². The van der Waals surface area contributed by atoms with Crippen LogP contribution >= 0.6 is 11.3 Å². The molecule has 20 heavy (non-hydrogen) atoms. The van der Waals surface area contributed by atoms with Crippen molar-refractivity contribution in [3.05, 3.63) is 10.0 Å². The van der Waals surface area contributed by atoms with Gasteiger partial charge in [0.1, 0.15) is 10.0 Å². The van der Waals surface area contributed by atoms with E-state index in [1.165, 1.54) is 19.3 Å². The normalized spacial score (nSPS) is 19.4. The van der Waals surface area contributed by atoms with Gasteiger partial charge >= 0.3 is 0 Å². The van der Waals surface area contributed by atoms with Crippen molar-refractivity contribution in [2.75, 3.05) is 33.4 Å². The first kappa shape index (κ1) is 15.8. The van der Waals surface area contributed by atoms with Crippen LogP contribution in [-0.2, 0) is 22.3 Å². The summed E-state index contributed by atoms with van der Waals surface area (Å²) in [5, 5.41) is 14.1. The van der Waals surface area contributed by atoms with Gasteiger partial charge in [0.25, 0.3) is 0 Å². The van der Waals surface area contributed by atoms with Crippen molar-refractivity contribution in [2.45, 2.75) is 44.6 Å². The van der Waals surface area contributed by atoms with Crippen molar-refractivity contribution < 1.29 is 9.47 Å². The van der Waals surface area contributed by atoms with Crippen LogP contribution in [0.5, 0.6) is 0 Å². The van der Waals surface area contributed by atoms with E-state index in [4.69, 9.17) is 9.47 Å². The van der Waals surface area contributed by atoms with Crippen LogP contribution in [0.15, 0.2) is 0 Å². The average Bonchev–Trinajstić information content (AvgIpc) is 2.94. The quantitative estimate of drug-likeness (QED) is 0.705. The first-order chi connectivity index (χ1) is 9.88. The summed E-state index contributed by atoms with van der Waals surface area (Å²) in [6.45, 7) is 3.51. The van der Waals surface area contributed by atoms with Crippen LogP contribution in [0, 0.1) is 0 Å². The molecule has 1 aromatic rings. The highest BCUT2D eigenvalue weighted by atomic mass is 32.1. The van der Waals surface area contributed by atoms with E-state index >= 15 is 0 Å². The molecular weight excluding hydrogens is 274 g/mol. The molecule has 0 saturated carbocycles. The summed E-state index contributed by atoms with van der Waals surface area (Å²) < 4.78 is 10.7. The Bertz CT molecular complexity index is 367. The van der Waals surface area contributed by atoms with Crippen LogP contribution in [0.4, 0.5) is 0 Å². The Balaban J connectivity index is 1.61. The van der Waals surface area contributed by atoms with Gasteiger partial charge in [0.2, 0.25) is 0 Å². The minimum atomic E-state index is 0.437. The third-order valence-corrected chi connectivity index (χ3v) is 4.50. The fraction of sp³-hybridized carbons (Fsp3) is 0.857. The fourth-order valence-corrected chi connectivity index (χ4v) is 3.16. The molecule has 0 aliphatic carbocycles. The van der Waals surface area contributed by atoms with Gasteiger partial charge in [0.15, 0.2) is 0 Å². The van der Waals surface area contributed by atoms with Crippen LogP contribution in [0.2, 0.25) is 0 Å². The first-order valence-electron chi connectivity index (χ1n) is 7.51. The van der Waals surface area contributed by atoms with Crippen LogP contribution < -0.4 is 5.32 Å². The van der Waals surface area contributed by atoms with E-state index in [1.54, 1.807) is 18.4 Å². The lowest BCUT2D eigenvalue weighted by molar-refractivity contribution is 0.0115. The maximum absolute atomic E-state index is 5.74. The number of rotatable bonds is 9. The standard InChI is InChI=1S/C14H25N3O2S/c1-18-11-9-15-8-7-14-17-16-13(20-14)6-5-12-4-2-3-10-19-12/h12,15H,2-11H2,1H3. The molecule has 2 rings (SSSR count). The molecule has 0 radical (unpaired) electrons. The number of hydrogen-bond donors (Lipinski definition) is 1. The minimum Gasteiger partial charge on any atom is -0.383 e. The number of aromatic nitrogens is 2. The third-order valence-electron chi connectivity index (χ3n) is 3.46. The van der Waals surface area contributed by atoms with E-state index < -0.39 is 0 Å². The molecule has 2 heterocycles. The largest absolute Gasteiger partial charge is 0.383 e. The minimum absolute atomic E-state index is 0.437. The van der Waals surface area contributed by atoms with E-state index in [2.05, 4.69) is 15.5 Å². The zero-order valence-electron chi connectivity index (χ0n) is 12.3. The summed E-state index contributed by atoms with van der Waals surface area (Å²) in [6.07, 6.45) is 7.19.